The Morgan fingerprint density at radius 1 is 1.26 bits per heavy atom. The number of rotatable bonds is 5. The van der Waals surface area contributed by atoms with E-state index in [0.717, 1.165) is 21.9 Å². The van der Waals surface area contributed by atoms with E-state index in [-0.39, 0.29) is 5.56 Å². The van der Waals surface area contributed by atoms with Crippen molar-refractivity contribution in [2.45, 2.75) is 24.9 Å². The van der Waals surface area contributed by atoms with E-state index in [1.807, 2.05) is 17.5 Å². The molecule has 4 amide bonds. The molecule has 0 aliphatic carbocycles. The van der Waals surface area contributed by atoms with Crippen molar-refractivity contribution in [2.75, 3.05) is 6.54 Å². The van der Waals surface area contributed by atoms with Crippen LogP contribution in [0.5, 0.6) is 0 Å². The molecule has 174 valence electrons. The van der Waals surface area contributed by atoms with Crippen molar-refractivity contribution in [3.63, 3.8) is 0 Å². The first-order chi connectivity index (χ1) is 16.3. The summed E-state index contributed by atoms with van der Waals surface area (Å²) in [4.78, 5) is 40.7. The average Bonchev–Trinajstić information content (AvgIpc) is 3.58. The van der Waals surface area contributed by atoms with Gasteiger partial charge < -0.3 is 9.73 Å². The number of imide groups is 1. The largest absolute Gasteiger partial charge is 0.463 e. The van der Waals surface area contributed by atoms with Crippen molar-refractivity contribution in [2.24, 2.45) is 5.10 Å². The van der Waals surface area contributed by atoms with Gasteiger partial charge in [0.05, 0.1) is 12.3 Å². The number of furan rings is 1. The molecule has 11 heteroatoms. The normalized spacial score (nSPS) is 22.3. The molecule has 2 aromatic heterocycles. The highest BCUT2D eigenvalue weighted by molar-refractivity contribution is 7.10. The Balaban J connectivity index is 1.41. The van der Waals surface area contributed by atoms with Crippen molar-refractivity contribution in [3.05, 3.63) is 81.9 Å². The number of nitrogens with one attached hydrogen (secondary N) is 1. The Labute approximate surface area is 196 Å². The molecule has 1 aromatic carbocycles. The van der Waals surface area contributed by atoms with Crippen molar-refractivity contribution < 1.29 is 27.6 Å². The van der Waals surface area contributed by atoms with E-state index in [2.05, 4.69) is 10.4 Å². The first-order valence-electron chi connectivity index (χ1n) is 10.3. The molecule has 0 saturated carbocycles. The van der Waals surface area contributed by atoms with Crippen LogP contribution in [0, 0.1) is 11.6 Å². The van der Waals surface area contributed by atoms with Gasteiger partial charge >= 0.3 is 6.03 Å². The fourth-order valence-electron chi connectivity index (χ4n) is 4.16. The second-order valence-electron chi connectivity index (χ2n) is 8.07. The van der Waals surface area contributed by atoms with Gasteiger partial charge in [-0.1, -0.05) is 12.1 Å². The Morgan fingerprint density at radius 3 is 2.76 bits per heavy atom. The summed E-state index contributed by atoms with van der Waals surface area (Å²) in [7, 11) is 0. The number of nitrogens with zero attached hydrogens (tertiary/aromatic N) is 3. The highest BCUT2D eigenvalue weighted by Crippen LogP contribution is 2.36. The zero-order valence-corrected chi connectivity index (χ0v) is 18.6. The zero-order chi connectivity index (χ0) is 24.0. The third kappa shape index (κ3) is 3.58. The van der Waals surface area contributed by atoms with E-state index in [1.165, 1.54) is 29.5 Å². The predicted octanol–water partition coefficient (Wildman–Crippen LogP) is 3.76. The van der Waals surface area contributed by atoms with E-state index in [9.17, 15) is 23.2 Å². The van der Waals surface area contributed by atoms with Gasteiger partial charge in [-0.2, -0.15) is 5.10 Å². The average molecular weight is 484 g/mol. The van der Waals surface area contributed by atoms with Crippen LogP contribution in [0.3, 0.4) is 0 Å². The van der Waals surface area contributed by atoms with Crippen LogP contribution in [0.2, 0.25) is 0 Å². The van der Waals surface area contributed by atoms with Crippen LogP contribution in [0.1, 0.15) is 35.6 Å². The third-order valence-electron chi connectivity index (χ3n) is 5.88. The maximum absolute atomic E-state index is 14.4. The summed E-state index contributed by atoms with van der Waals surface area (Å²) in [5, 5.41) is 9.97. The highest BCUT2D eigenvalue weighted by atomic mass is 32.1. The molecule has 0 bridgehead atoms. The molecule has 2 atom stereocenters. The molecule has 34 heavy (non-hydrogen) atoms. The first kappa shape index (κ1) is 22.0. The Morgan fingerprint density at radius 2 is 2.09 bits per heavy atom. The summed E-state index contributed by atoms with van der Waals surface area (Å²) in [6.07, 6.45) is 1.91. The molecular formula is C23H18F2N4O4S. The smallest absolute Gasteiger partial charge is 0.325 e. The van der Waals surface area contributed by atoms with Crippen LogP contribution >= 0.6 is 11.3 Å². The van der Waals surface area contributed by atoms with Gasteiger partial charge in [-0.25, -0.2) is 18.6 Å². The van der Waals surface area contributed by atoms with E-state index >= 15 is 0 Å². The lowest BCUT2D eigenvalue weighted by Crippen LogP contribution is -2.44. The van der Waals surface area contributed by atoms with Gasteiger partial charge in [0, 0.05) is 22.9 Å². The van der Waals surface area contributed by atoms with E-state index in [4.69, 9.17) is 4.42 Å². The molecule has 0 radical (unpaired) electrons. The lowest BCUT2D eigenvalue weighted by molar-refractivity contribution is -0.140. The van der Waals surface area contributed by atoms with Gasteiger partial charge in [-0.15, -0.1) is 11.3 Å². The second-order valence-corrected chi connectivity index (χ2v) is 9.05. The van der Waals surface area contributed by atoms with Crippen LogP contribution < -0.4 is 5.32 Å². The standard InChI is InChI=1S/C23H18F2N4O4S/c1-23(14-7-6-13(24)10-15(14)25)21(31)28(22(32)26-23)12-20(30)29-17(19-5-3-9-34-19)11-16(27-29)18-4-2-8-33-18/h2-10,17H,11-12H2,1H3,(H,26,32). The molecule has 5 rings (SSSR count). The summed E-state index contributed by atoms with van der Waals surface area (Å²) < 4.78 is 33.2. The number of hydrogen-bond acceptors (Lipinski definition) is 6. The van der Waals surface area contributed by atoms with Crippen molar-refractivity contribution in [1.29, 1.82) is 0 Å². The second kappa shape index (κ2) is 8.17. The summed E-state index contributed by atoms with van der Waals surface area (Å²) in [6, 6.07) is 8.63. The lowest BCUT2D eigenvalue weighted by atomic mass is 9.91. The number of carbonyl (C=O) groups is 3. The third-order valence-corrected chi connectivity index (χ3v) is 6.85. The fourth-order valence-corrected chi connectivity index (χ4v) is 4.97. The molecule has 1 saturated heterocycles. The molecule has 2 unspecified atom stereocenters. The number of urea groups is 1. The van der Waals surface area contributed by atoms with Gasteiger partial charge in [0.2, 0.25) is 0 Å². The summed E-state index contributed by atoms with van der Waals surface area (Å²) in [5.74, 6) is -2.68. The van der Waals surface area contributed by atoms with Crippen LogP contribution in [-0.4, -0.2) is 40.0 Å². The summed E-state index contributed by atoms with van der Waals surface area (Å²) in [6.45, 7) is 0.714. The van der Waals surface area contributed by atoms with Crippen molar-refractivity contribution in [3.8, 4) is 0 Å². The Hall–Kier alpha value is -3.86. The predicted molar refractivity (Wildman–Crippen MR) is 118 cm³/mol. The molecule has 1 N–H and O–H groups in total. The molecular weight excluding hydrogens is 466 g/mol. The maximum atomic E-state index is 14.4. The minimum Gasteiger partial charge on any atom is -0.463 e. The maximum Gasteiger partial charge on any atom is 0.325 e. The van der Waals surface area contributed by atoms with Gasteiger partial charge in [-0.3, -0.25) is 14.5 Å². The number of carbonyl (C=O) groups excluding carboxylic acids is 3. The number of hydrogen-bond donors (Lipinski definition) is 1. The molecule has 2 aliphatic heterocycles. The minimum absolute atomic E-state index is 0.196. The number of halogens is 2. The number of amides is 4. The van der Waals surface area contributed by atoms with Crippen LogP contribution in [0.15, 0.2) is 63.6 Å². The van der Waals surface area contributed by atoms with Gasteiger partial charge in [0.25, 0.3) is 11.8 Å². The van der Waals surface area contributed by atoms with Crippen LogP contribution in [-0.2, 0) is 15.1 Å². The molecule has 2 aliphatic rings. The molecule has 4 heterocycles. The number of thiophene rings is 1. The molecule has 1 fully saturated rings. The molecule has 8 nitrogen and oxygen atoms in total. The van der Waals surface area contributed by atoms with Gasteiger partial charge in [-0.05, 0) is 36.6 Å². The quantitative estimate of drug-likeness (QED) is 0.558. The van der Waals surface area contributed by atoms with Crippen LogP contribution in [0.25, 0.3) is 0 Å². The van der Waals surface area contributed by atoms with Crippen molar-refractivity contribution in [1.82, 2.24) is 15.2 Å². The van der Waals surface area contributed by atoms with E-state index in [1.54, 1.807) is 12.1 Å². The highest BCUT2D eigenvalue weighted by Gasteiger charge is 2.51. The molecule has 0 spiro atoms. The first-order valence-corrected chi connectivity index (χ1v) is 11.2. The van der Waals surface area contributed by atoms with E-state index < -0.39 is 47.6 Å². The monoisotopic (exact) mass is 484 g/mol. The Bertz CT molecular complexity index is 1310. The van der Waals surface area contributed by atoms with Crippen molar-refractivity contribution >= 4 is 34.9 Å². The topological polar surface area (TPSA) is 95.2 Å². The Kier molecular flexibility index (Phi) is 5.28. The SMILES string of the molecule is CC1(c2ccc(F)cc2F)NC(=O)N(CC(=O)N2N=C(c3ccco3)CC2c2cccs2)C1=O. The summed E-state index contributed by atoms with van der Waals surface area (Å²) >= 11 is 1.45. The fraction of sp³-hybridized carbons (Fsp3) is 0.217. The minimum atomic E-state index is -1.78. The summed E-state index contributed by atoms with van der Waals surface area (Å²) in [5.41, 5.74) is -1.42. The van der Waals surface area contributed by atoms with Crippen LogP contribution in [0.4, 0.5) is 13.6 Å². The molecule has 3 aromatic rings. The number of hydrazone groups is 1. The zero-order valence-electron chi connectivity index (χ0n) is 17.8. The number of benzene rings is 1. The van der Waals surface area contributed by atoms with E-state index in [0.29, 0.717) is 24.0 Å². The van der Waals surface area contributed by atoms with Gasteiger partial charge in [0.1, 0.15) is 35.2 Å². The lowest BCUT2D eigenvalue weighted by Gasteiger charge is -2.24. The van der Waals surface area contributed by atoms with Gasteiger partial charge in [0.15, 0.2) is 0 Å².